The highest BCUT2D eigenvalue weighted by Crippen LogP contribution is 1.88. The van der Waals surface area contributed by atoms with E-state index in [1.165, 1.54) is 6.07 Å². The van der Waals surface area contributed by atoms with Gasteiger partial charge in [0.05, 0.1) is 6.20 Å². The Morgan fingerprint density at radius 1 is 1.75 bits per heavy atom. The quantitative estimate of drug-likeness (QED) is 0.489. The van der Waals surface area contributed by atoms with Gasteiger partial charge in [0.25, 0.3) is 0 Å². The molecule has 43 valence electrons. The SMILES string of the molecule is O=[SH](=O)c1c[c][nH]n1. The van der Waals surface area contributed by atoms with Crippen LogP contribution in [-0.4, -0.2) is 18.6 Å². The highest BCUT2D eigenvalue weighted by molar-refractivity contribution is 7.72. The molecule has 0 saturated carbocycles. The summed E-state index contributed by atoms with van der Waals surface area (Å²) in [6.07, 6.45) is 2.39. The summed E-state index contributed by atoms with van der Waals surface area (Å²) in [4.78, 5) is 0. The van der Waals surface area contributed by atoms with Gasteiger partial charge in [0.15, 0.2) is 15.7 Å². The van der Waals surface area contributed by atoms with E-state index in [0.717, 1.165) is 0 Å². The van der Waals surface area contributed by atoms with E-state index in [-0.39, 0.29) is 5.03 Å². The van der Waals surface area contributed by atoms with Gasteiger partial charge in [0.2, 0.25) is 0 Å². The minimum atomic E-state index is -2.53. The van der Waals surface area contributed by atoms with E-state index in [1.807, 2.05) is 0 Å². The maximum Gasteiger partial charge on any atom is 0.187 e. The Morgan fingerprint density at radius 3 is 2.75 bits per heavy atom. The van der Waals surface area contributed by atoms with Crippen LogP contribution in [0.4, 0.5) is 0 Å². The van der Waals surface area contributed by atoms with Gasteiger partial charge in [0, 0.05) is 6.07 Å². The molecule has 0 aliphatic rings. The van der Waals surface area contributed by atoms with Crippen LogP contribution in [0, 0.1) is 6.20 Å². The van der Waals surface area contributed by atoms with Crippen LogP contribution in [0.5, 0.6) is 0 Å². The van der Waals surface area contributed by atoms with Crippen LogP contribution in [-0.2, 0) is 10.7 Å². The van der Waals surface area contributed by atoms with Crippen molar-refractivity contribution >= 4 is 10.7 Å². The minimum absolute atomic E-state index is 0.0278. The van der Waals surface area contributed by atoms with Crippen LogP contribution in [0.15, 0.2) is 11.1 Å². The number of aromatic nitrogens is 2. The molecule has 0 aliphatic heterocycles. The lowest BCUT2D eigenvalue weighted by atomic mass is 10.8. The number of H-pyrrole nitrogens is 1. The molecule has 5 heteroatoms. The van der Waals surface area contributed by atoms with E-state index in [0.29, 0.717) is 0 Å². The predicted molar refractivity (Wildman–Crippen MR) is 26.0 cm³/mol. The highest BCUT2D eigenvalue weighted by Gasteiger charge is 1.91. The topological polar surface area (TPSA) is 62.8 Å². The molecule has 0 amide bonds. The molecule has 1 aromatic heterocycles. The molecule has 0 unspecified atom stereocenters. The summed E-state index contributed by atoms with van der Waals surface area (Å²) in [7, 11) is -2.53. The molecule has 0 aliphatic carbocycles. The Balaban J connectivity index is 3.11. The van der Waals surface area contributed by atoms with Gasteiger partial charge in [-0.2, -0.15) is 5.10 Å². The molecule has 1 rings (SSSR count). The third-order valence-corrected chi connectivity index (χ3v) is 1.23. The molecular weight excluding hydrogens is 128 g/mol. The van der Waals surface area contributed by atoms with Crippen molar-refractivity contribution in [3.8, 4) is 0 Å². The van der Waals surface area contributed by atoms with Crippen molar-refractivity contribution in [3.05, 3.63) is 12.3 Å². The summed E-state index contributed by atoms with van der Waals surface area (Å²) in [5.74, 6) is 0. The van der Waals surface area contributed by atoms with Crippen LogP contribution in [0.1, 0.15) is 0 Å². The lowest BCUT2D eigenvalue weighted by Gasteiger charge is -1.69. The number of hydrogen-bond acceptors (Lipinski definition) is 3. The lowest BCUT2D eigenvalue weighted by molar-refractivity contribution is 0.611. The summed E-state index contributed by atoms with van der Waals surface area (Å²) in [5, 5.41) is 5.62. The maximum absolute atomic E-state index is 10.00. The number of nitrogens with one attached hydrogen (secondary N) is 1. The molecule has 0 aromatic carbocycles. The highest BCUT2D eigenvalue weighted by atomic mass is 32.2. The first-order valence-electron chi connectivity index (χ1n) is 1.86. The Hall–Kier alpha value is -0.840. The summed E-state index contributed by atoms with van der Waals surface area (Å²) in [6, 6.07) is 1.27. The van der Waals surface area contributed by atoms with Crippen molar-refractivity contribution in [1.29, 1.82) is 0 Å². The van der Waals surface area contributed by atoms with Gasteiger partial charge in [-0.1, -0.05) is 0 Å². The fraction of sp³-hybridized carbons (Fsp3) is 0. The zero-order chi connectivity index (χ0) is 5.98. The van der Waals surface area contributed by atoms with Gasteiger partial charge in [-0.3, -0.25) is 5.10 Å². The van der Waals surface area contributed by atoms with Gasteiger partial charge >= 0.3 is 0 Å². The van der Waals surface area contributed by atoms with Gasteiger partial charge in [-0.05, 0) is 0 Å². The fourth-order valence-electron chi connectivity index (χ4n) is 0.312. The summed E-state index contributed by atoms with van der Waals surface area (Å²) < 4.78 is 20.0. The van der Waals surface area contributed by atoms with Crippen molar-refractivity contribution in [2.75, 3.05) is 0 Å². The van der Waals surface area contributed by atoms with E-state index in [9.17, 15) is 8.42 Å². The molecule has 1 aromatic rings. The summed E-state index contributed by atoms with van der Waals surface area (Å²) >= 11 is 0. The van der Waals surface area contributed by atoms with Crippen molar-refractivity contribution in [2.45, 2.75) is 5.03 Å². The van der Waals surface area contributed by atoms with Crippen molar-refractivity contribution < 1.29 is 8.42 Å². The van der Waals surface area contributed by atoms with Crippen LogP contribution < -0.4 is 0 Å². The molecular formula is C3H3N2O2S. The molecule has 8 heavy (non-hydrogen) atoms. The van der Waals surface area contributed by atoms with Gasteiger partial charge in [0.1, 0.15) is 0 Å². The molecule has 0 fully saturated rings. The Kier molecular flexibility index (Phi) is 1.29. The predicted octanol–water partition coefficient (Wildman–Crippen LogP) is -0.820. The molecule has 1 radical (unpaired) electrons. The first kappa shape index (κ1) is 5.30. The maximum atomic E-state index is 10.00. The standard InChI is InChI=1S/C3H3N2O2S/c6-8(7)3-1-2-4-5-3/h1,8H,(H,4,5). The molecule has 1 heterocycles. The van der Waals surface area contributed by atoms with Crippen LogP contribution in [0.3, 0.4) is 0 Å². The second-order valence-electron chi connectivity index (χ2n) is 1.13. The van der Waals surface area contributed by atoms with E-state index in [1.54, 1.807) is 0 Å². The molecule has 1 N–H and O–H groups in total. The van der Waals surface area contributed by atoms with E-state index in [4.69, 9.17) is 0 Å². The smallest absolute Gasteiger partial charge is 0.187 e. The number of hydrogen-bond donors (Lipinski definition) is 2. The third kappa shape index (κ3) is 0.865. The van der Waals surface area contributed by atoms with Gasteiger partial charge in [-0.25, -0.2) is 8.42 Å². The molecule has 4 nitrogen and oxygen atoms in total. The minimum Gasteiger partial charge on any atom is -0.275 e. The van der Waals surface area contributed by atoms with Crippen molar-refractivity contribution in [3.63, 3.8) is 0 Å². The Bertz CT molecular complexity index is 217. The van der Waals surface area contributed by atoms with Crippen LogP contribution >= 0.6 is 0 Å². The summed E-state index contributed by atoms with van der Waals surface area (Å²) in [6.45, 7) is 0. The zero-order valence-corrected chi connectivity index (χ0v) is 4.68. The van der Waals surface area contributed by atoms with E-state index < -0.39 is 10.7 Å². The Labute approximate surface area is 47.5 Å². The number of rotatable bonds is 1. The average molecular weight is 131 g/mol. The van der Waals surface area contributed by atoms with Crippen molar-refractivity contribution in [1.82, 2.24) is 10.2 Å². The van der Waals surface area contributed by atoms with Crippen LogP contribution in [0.2, 0.25) is 0 Å². The van der Waals surface area contributed by atoms with E-state index in [2.05, 4.69) is 16.4 Å². The molecule has 0 saturated heterocycles. The number of nitrogens with zero attached hydrogens (tertiary/aromatic N) is 1. The van der Waals surface area contributed by atoms with E-state index >= 15 is 0 Å². The largest absolute Gasteiger partial charge is 0.275 e. The monoisotopic (exact) mass is 131 g/mol. The zero-order valence-electron chi connectivity index (χ0n) is 3.79. The fourth-order valence-corrected chi connectivity index (χ4v) is 0.614. The first-order valence-corrected chi connectivity index (χ1v) is 3.04. The first-order chi connectivity index (χ1) is 3.80. The van der Waals surface area contributed by atoms with Crippen LogP contribution in [0.25, 0.3) is 0 Å². The normalized spacial score (nSPS) is 10.1. The number of thiol groups is 1. The average Bonchev–Trinajstić information content (AvgIpc) is 2.12. The summed E-state index contributed by atoms with van der Waals surface area (Å²) in [5.41, 5.74) is 0. The second kappa shape index (κ2) is 1.95. The molecule has 0 spiro atoms. The van der Waals surface area contributed by atoms with Gasteiger partial charge in [-0.15, -0.1) is 0 Å². The number of aromatic amines is 1. The second-order valence-corrected chi connectivity index (χ2v) is 2.10. The third-order valence-electron chi connectivity index (χ3n) is 0.623. The molecule has 0 bridgehead atoms. The van der Waals surface area contributed by atoms with Crippen molar-refractivity contribution in [2.24, 2.45) is 0 Å². The van der Waals surface area contributed by atoms with Gasteiger partial charge < -0.3 is 0 Å². The Morgan fingerprint density at radius 2 is 2.50 bits per heavy atom. The molecule has 0 atom stereocenters. The lowest BCUT2D eigenvalue weighted by Crippen LogP contribution is -1.77.